The molecule has 0 atom stereocenters. The number of aromatic nitrogens is 1. The van der Waals surface area contributed by atoms with Crippen LogP contribution in [0.4, 0.5) is 5.69 Å². The average Bonchev–Trinajstić information content (AvgIpc) is 2.38. The molecular formula is C13H10Cl2N2Ru. The molecule has 0 fully saturated rings. The topological polar surface area (TPSA) is 25.2 Å². The summed E-state index contributed by atoms with van der Waals surface area (Å²) in [5.74, 6) is 0. The van der Waals surface area contributed by atoms with Gasteiger partial charge in [-0.25, -0.2) is 0 Å². The third-order valence-electron chi connectivity index (χ3n) is 2.15. The van der Waals surface area contributed by atoms with Gasteiger partial charge in [-0.15, -0.1) is 0 Å². The van der Waals surface area contributed by atoms with Crippen LogP contribution in [0.3, 0.4) is 0 Å². The van der Waals surface area contributed by atoms with E-state index in [1.807, 2.05) is 47.1 Å². The Bertz CT molecular complexity index is 579. The monoisotopic (exact) mass is 366 g/mol. The maximum atomic E-state index is 5.89. The third kappa shape index (κ3) is 4.10. The summed E-state index contributed by atoms with van der Waals surface area (Å²) in [6.07, 6.45) is 3.46. The number of hydrogen-bond acceptors (Lipinski definition) is 2. The molecule has 0 aliphatic carbocycles. The molecule has 0 N–H and O–H groups in total. The Morgan fingerprint density at radius 3 is 2.56 bits per heavy atom. The Balaban J connectivity index is 2.29. The average molecular weight is 366 g/mol. The van der Waals surface area contributed by atoms with Crippen LogP contribution in [0.15, 0.2) is 53.7 Å². The molecule has 1 aromatic heterocycles. The Hall–Kier alpha value is -0.887. The molecular weight excluding hydrogens is 356 g/mol. The normalized spacial score (nSPS) is 11.6. The number of benzene rings is 1. The molecule has 2 rings (SSSR count). The summed E-state index contributed by atoms with van der Waals surface area (Å²) in [6.45, 7) is 0. The van der Waals surface area contributed by atoms with Crippen LogP contribution in [0.2, 0.25) is 0 Å². The summed E-state index contributed by atoms with van der Waals surface area (Å²) in [7, 11) is 11.8. The molecule has 0 aliphatic rings. The van der Waals surface area contributed by atoms with Crippen molar-refractivity contribution >= 4 is 35.9 Å². The second kappa shape index (κ2) is 6.89. The van der Waals surface area contributed by atoms with Crippen molar-refractivity contribution in [3.05, 3.63) is 59.9 Å². The van der Waals surface area contributed by atoms with Gasteiger partial charge in [0.25, 0.3) is 0 Å². The number of para-hydroxylation sites is 1. The van der Waals surface area contributed by atoms with Gasteiger partial charge in [-0.2, -0.15) is 0 Å². The Morgan fingerprint density at radius 1 is 1.06 bits per heavy atom. The molecule has 0 amide bonds. The predicted octanol–water partition coefficient (Wildman–Crippen LogP) is 3.91. The summed E-state index contributed by atoms with van der Waals surface area (Å²) in [6, 6.07) is 13.5. The first-order valence-electron chi connectivity index (χ1n) is 5.13. The van der Waals surface area contributed by atoms with Gasteiger partial charge in [0.2, 0.25) is 0 Å². The zero-order valence-corrected chi connectivity index (χ0v) is 12.5. The molecule has 0 aliphatic heterocycles. The number of aliphatic imine (C=N–C) groups is 1. The van der Waals surface area contributed by atoms with Crippen LogP contribution in [0.5, 0.6) is 0 Å². The van der Waals surface area contributed by atoms with Gasteiger partial charge in [-0.3, -0.25) is 0 Å². The Kier molecular flexibility index (Phi) is 5.18. The fourth-order valence-corrected chi connectivity index (χ4v) is 3.18. The van der Waals surface area contributed by atoms with E-state index in [4.69, 9.17) is 19.4 Å². The molecule has 0 radical (unpaired) electrons. The molecule has 2 nitrogen and oxygen atoms in total. The van der Waals surface area contributed by atoms with Crippen LogP contribution in [-0.4, -0.2) is 15.8 Å². The molecule has 18 heavy (non-hydrogen) atoms. The van der Waals surface area contributed by atoms with Crippen molar-refractivity contribution in [3.8, 4) is 0 Å². The van der Waals surface area contributed by atoms with Gasteiger partial charge in [-0.05, 0) is 0 Å². The van der Waals surface area contributed by atoms with Crippen molar-refractivity contribution in [1.29, 1.82) is 0 Å². The molecule has 0 bridgehead atoms. The first-order chi connectivity index (χ1) is 8.75. The van der Waals surface area contributed by atoms with E-state index in [1.165, 1.54) is 0 Å². The van der Waals surface area contributed by atoms with E-state index in [0.29, 0.717) is 0 Å². The van der Waals surface area contributed by atoms with Crippen molar-refractivity contribution in [1.82, 2.24) is 4.98 Å². The molecule has 1 heterocycles. The molecule has 94 valence electrons. The number of halogens is 2. The van der Waals surface area contributed by atoms with Gasteiger partial charge in [0.15, 0.2) is 0 Å². The van der Waals surface area contributed by atoms with E-state index in [1.54, 1.807) is 12.4 Å². The molecule has 1 aromatic carbocycles. The Labute approximate surface area is 119 Å². The van der Waals surface area contributed by atoms with Gasteiger partial charge >= 0.3 is 119 Å². The fourth-order valence-electron chi connectivity index (χ4n) is 1.36. The molecule has 0 saturated heterocycles. The SMILES string of the molecule is [Cl][Ru]([Cl])=[CH]c1ccccc1N=Cc1ccccn1. The van der Waals surface area contributed by atoms with Crippen LogP contribution < -0.4 is 0 Å². The van der Waals surface area contributed by atoms with E-state index < -0.39 is 13.5 Å². The first kappa shape index (κ1) is 13.5. The fraction of sp³-hybridized carbons (Fsp3) is 0. The van der Waals surface area contributed by atoms with Crippen LogP contribution >= 0.6 is 19.4 Å². The summed E-state index contributed by atoms with van der Waals surface area (Å²) in [5.41, 5.74) is 2.63. The number of rotatable bonds is 3. The van der Waals surface area contributed by atoms with E-state index in [2.05, 4.69) is 9.98 Å². The van der Waals surface area contributed by atoms with Crippen molar-refractivity contribution in [3.63, 3.8) is 0 Å². The van der Waals surface area contributed by atoms with E-state index >= 15 is 0 Å². The summed E-state index contributed by atoms with van der Waals surface area (Å²) in [4.78, 5) is 8.60. The van der Waals surface area contributed by atoms with Gasteiger partial charge in [0.1, 0.15) is 0 Å². The standard InChI is InChI=1S/C13H10N2.2ClH.Ru/c1-11-6-2-3-8-13(11)15-10-12-7-4-5-9-14-12;;;/h1-10H;2*1H;/q;;;+2/p-2. The second-order valence-electron chi connectivity index (χ2n) is 3.38. The first-order valence-corrected chi connectivity index (χ1v) is 10.6. The molecule has 2 aromatic rings. The molecule has 0 unspecified atom stereocenters. The van der Waals surface area contributed by atoms with Gasteiger partial charge in [-0.1, -0.05) is 0 Å². The molecule has 0 spiro atoms. The Morgan fingerprint density at radius 2 is 1.83 bits per heavy atom. The van der Waals surface area contributed by atoms with Gasteiger partial charge in [0, 0.05) is 0 Å². The van der Waals surface area contributed by atoms with Crippen molar-refractivity contribution in [2.45, 2.75) is 0 Å². The van der Waals surface area contributed by atoms with Gasteiger partial charge in [0.05, 0.1) is 0 Å². The van der Waals surface area contributed by atoms with E-state index in [0.717, 1.165) is 16.9 Å². The number of nitrogens with zero attached hydrogens (tertiary/aromatic N) is 2. The second-order valence-corrected chi connectivity index (χ2v) is 9.10. The van der Waals surface area contributed by atoms with Gasteiger partial charge < -0.3 is 0 Å². The van der Waals surface area contributed by atoms with Crippen LogP contribution in [0.1, 0.15) is 11.3 Å². The van der Waals surface area contributed by atoms with Crippen LogP contribution in [0.25, 0.3) is 0 Å². The summed E-state index contributed by atoms with van der Waals surface area (Å²) >= 11 is -1.83. The van der Waals surface area contributed by atoms with Crippen LogP contribution in [-0.2, 0) is 13.5 Å². The molecule has 5 heteroatoms. The van der Waals surface area contributed by atoms with Crippen molar-refractivity contribution in [2.75, 3.05) is 0 Å². The quantitative estimate of drug-likeness (QED) is 0.597. The minimum absolute atomic E-state index is 0.818. The minimum atomic E-state index is -1.83. The summed E-state index contributed by atoms with van der Waals surface area (Å²) < 4.78 is 1.89. The van der Waals surface area contributed by atoms with Crippen molar-refractivity contribution in [2.24, 2.45) is 4.99 Å². The van der Waals surface area contributed by atoms with E-state index in [9.17, 15) is 0 Å². The molecule has 0 saturated carbocycles. The maximum absolute atomic E-state index is 5.89. The zero-order valence-electron chi connectivity index (χ0n) is 9.28. The van der Waals surface area contributed by atoms with Crippen molar-refractivity contribution < 1.29 is 13.5 Å². The predicted molar refractivity (Wildman–Crippen MR) is 74.8 cm³/mol. The summed E-state index contributed by atoms with van der Waals surface area (Å²) in [5, 5.41) is 0. The zero-order chi connectivity index (χ0) is 12.8. The number of hydrogen-bond donors (Lipinski definition) is 0. The number of pyridine rings is 1. The van der Waals surface area contributed by atoms with E-state index in [-0.39, 0.29) is 0 Å². The third-order valence-corrected chi connectivity index (χ3v) is 3.98. The van der Waals surface area contributed by atoms with Crippen LogP contribution in [0, 0.1) is 0 Å².